The summed E-state index contributed by atoms with van der Waals surface area (Å²) >= 11 is 0. The number of hydrogen-bond donors (Lipinski definition) is 1. The number of rotatable bonds is 5. The zero-order chi connectivity index (χ0) is 19.3. The molecule has 0 spiro atoms. The summed E-state index contributed by atoms with van der Waals surface area (Å²) in [6, 6.07) is 13.7. The number of benzene rings is 1. The molecule has 6 heteroatoms. The van der Waals surface area contributed by atoms with Crippen molar-refractivity contribution >= 4 is 5.91 Å². The second-order valence-electron chi connectivity index (χ2n) is 7.74. The maximum absolute atomic E-state index is 12.5. The first kappa shape index (κ1) is 18.9. The standard InChI is InChI=1S/C22H28N4O2/c23-18-8-14-26(15-18)22(27)17-4-6-20(7-5-17)28-21-9-12-25(13-10-21)16-19-3-1-2-11-24-19/h1-7,11,18,21H,8-10,12-16,23H2/t18-/m1/s1. The van der Waals surface area contributed by atoms with Crippen LogP contribution in [-0.4, -0.2) is 59.0 Å². The van der Waals surface area contributed by atoms with E-state index in [0.29, 0.717) is 12.1 Å². The Bertz CT molecular complexity index is 773. The monoisotopic (exact) mass is 380 g/mol. The van der Waals surface area contributed by atoms with Crippen molar-refractivity contribution in [1.82, 2.24) is 14.8 Å². The van der Waals surface area contributed by atoms with Crippen LogP contribution in [0, 0.1) is 0 Å². The molecule has 6 nitrogen and oxygen atoms in total. The molecule has 148 valence electrons. The number of nitrogens with two attached hydrogens (primary N) is 1. The van der Waals surface area contributed by atoms with Crippen LogP contribution in [0.25, 0.3) is 0 Å². The predicted molar refractivity (Wildman–Crippen MR) is 108 cm³/mol. The van der Waals surface area contributed by atoms with Gasteiger partial charge in [0.15, 0.2) is 0 Å². The number of likely N-dealkylation sites (tertiary alicyclic amines) is 2. The zero-order valence-corrected chi connectivity index (χ0v) is 16.2. The number of nitrogens with zero attached hydrogens (tertiary/aromatic N) is 3. The van der Waals surface area contributed by atoms with E-state index in [9.17, 15) is 4.79 Å². The summed E-state index contributed by atoms with van der Waals surface area (Å²) in [6.45, 7) is 4.30. The lowest BCUT2D eigenvalue weighted by Crippen LogP contribution is -2.38. The van der Waals surface area contributed by atoms with Crippen LogP contribution in [0.2, 0.25) is 0 Å². The highest BCUT2D eigenvalue weighted by atomic mass is 16.5. The Hall–Kier alpha value is -2.44. The van der Waals surface area contributed by atoms with Crippen molar-refractivity contribution < 1.29 is 9.53 Å². The van der Waals surface area contributed by atoms with Crippen LogP contribution in [0.5, 0.6) is 5.75 Å². The molecule has 0 aliphatic carbocycles. The van der Waals surface area contributed by atoms with Crippen LogP contribution in [0.4, 0.5) is 0 Å². The first-order chi connectivity index (χ1) is 13.7. The summed E-state index contributed by atoms with van der Waals surface area (Å²) < 4.78 is 6.14. The van der Waals surface area contributed by atoms with Gasteiger partial charge >= 0.3 is 0 Å². The van der Waals surface area contributed by atoms with E-state index < -0.39 is 0 Å². The van der Waals surface area contributed by atoms with Crippen molar-refractivity contribution in [2.24, 2.45) is 5.73 Å². The van der Waals surface area contributed by atoms with Crippen molar-refractivity contribution in [2.45, 2.75) is 38.0 Å². The number of amides is 1. The van der Waals surface area contributed by atoms with E-state index in [2.05, 4.69) is 16.0 Å². The highest BCUT2D eigenvalue weighted by molar-refractivity contribution is 5.94. The fourth-order valence-corrected chi connectivity index (χ4v) is 3.93. The van der Waals surface area contributed by atoms with Gasteiger partial charge in [-0.05, 0) is 55.7 Å². The summed E-state index contributed by atoms with van der Waals surface area (Å²) in [5.74, 6) is 0.889. The third-order valence-corrected chi connectivity index (χ3v) is 5.56. The number of carbonyl (C=O) groups is 1. The molecule has 2 aromatic rings. The molecule has 2 saturated heterocycles. The lowest BCUT2D eigenvalue weighted by atomic mass is 10.1. The molecule has 28 heavy (non-hydrogen) atoms. The van der Waals surface area contributed by atoms with Gasteiger partial charge in [0.25, 0.3) is 5.91 Å². The Labute approximate surface area is 166 Å². The Morgan fingerprint density at radius 2 is 1.86 bits per heavy atom. The minimum Gasteiger partial charge on any atom is -0.490 e. The van der Waals surface area contributed by atoms with E-state index >= 15 is 0 Å². The minimum atomic E-state index is 0.0577. The molecule has 0 saturated carbocycles. The van der Waals surface area contributed by atoms with Crippen LogP contribution in [0.3, 0.4) is 0 Å². The van der Waals surface area contributed by atoms with E-state index in [4.69, 9.17) is 10.5 Å². The Morgan fingerprint density at radius 1 is 1.07 bits per heavy atom. The maximum Gasteiger partial charge on any atom is 0.253 e. The molecule has 1 aromatic carbocycles. The molecule has 0 radical (unpaired) electrons. The Balaban J connectivity index is 1.25. The van der Waals surface area contributed by atoms with Crippen molar-refractivity contribution in [3.63, 3.8) is 0 Å². The van der Waals surface area contributed by atoms with Gasteiger partial charge < -0.3 is 15.4 Å². The molecule has 2 aliphatic rings. The van der Waals surface area contributed by atoms with Crippen LogP contribution in [0.1, 0.15) is 35.3 Å². The molecule has 2 fully saturated rings. The van der Waals surface area contributed by atoms with Gasteiger partial charge in [-0.25, -0.2) is 0 Å². The second-order valence-corrected chi connectivity index (χ2v) is 7.74. The molecule has 4 rings (SSSR count). The van der Waals surface area contributed by atoms with Crippen molar-refractivity contribution in [3.05, 3.63) is 59.9 Å². The Kier molecular flexibility index (Phi) is 5.88. The van der Waals surface area contributed by atoms with Crippen LogP contribution in [0.15, 0.2) is 48.7 Å². The van der Waals surface area contributed by atoms with Crippen molar-refractivity contribution in [3.8, 4) is 5.75 Å². The number of aromatic nitrogens is 1. The van der Waals surface area contributed by atoms with Gasteiger partial charge in [-0.1, -0.05) is 6.07 Å². The summed E-state index contributed by atoms with van der Waals surface area (Å²) in [5.41, 5.74) is 7.71. The summed E-state index contributed by atoms with van der Waals surface area (Å²) in [4.78, 5) is 21.2. The summed E-state index contributed by atoms with van der Waals surface area (Å²) in [6.07, 6.45) is 4.94. The van der Waals surface area contributed by atoms with Gasteiger partial charge in [-0.15, -0.1) is 0 Å². The molecule has 0 bridgehead atoms. The highest BCUT2D eigenvalue weighted by Crippen LogP contribution is 2.21. The average molecular weight is 380 g/mol. The first-order valence-corrected chi connectivity index (χ1v) is 10.1. The lowest BCUT2D eigenvalue weighted by molar-refractivity contribution is 0.0790. The van der Waals surface area contributed by atoms with E-state index in [1.54, 1.807) is 0 Å². The molecular weight excluding hydrogens is 352 g/mol. The summed E-state index contributed by atoms with van der Waals surface area (Å²) in [5, 5.41) is 0. The summed E-state index contributed by atoms with van der Waals surface area (Å²) in [7, 11) is 0. The van der Waals surface area contributed by atoms with Crippen LogP contribution >= 0.6 is 0 Å². The third kappa shape index (κ3) is 4.69. The van der Waals surface area contributed by atoms with Crippen molar-refractivity contribution in [2.75, 3.05) is 26.2 Å². The van der Waals surface area contributed by atoms with Gasteiger partial charge in [-0.2, -0.15) is 0 Å². The molecule has 1 atom stereocenters. The molecule has 0 unspecified atom stereocenters. The Morgan fingerprint density at radius 3 is 2.50 bits per heavy atom. The van der Waals surface area contributed by atoms with Gasteiger partial charge in [0.1, 0.15) is 11.9 Å². The number of piperidine rings is 1. The van der Waals surface area contributed by atoms with Crippen LogP contribution in [-0.2, 0) is 6.54 Å². The minimum absolute atomic E-state index is 0.0577. The van der Waals surface area contributed by atoms with E-state index in [1.165, 1.54) is 0 Å². The zero-order valence-electron chi connectivity index (χ0n) is 16.2. The van der Waals surface area contributed by atoms with Crippen LogP contribution < -0.4 is 10.5 Å². The van der Waals surface area contributed by atoms with E-state index in [1.807, 2.05) is 47.5 Å². The number of hydrogen-bond acceptors (Lipinski definition) is 5. The molecule has 2 aliphatic heterocycles. The molecule has 1 amide bonds. The van der Waals surface area contributed by atoms with Gasteiger partial charge in [0.05, 0.1) is 5.69 Å². The SMILES string of the molecule is N[C@@H]1CCN(C(=O)c2ccc(OC3CCN(Cc4ccccn4)CC3)cc2)C1. The molecule has 1 aromatic heterocycles. The fourth-order valence-electron chi connectivity index (χ4n) is 3.93. The largest absolute Gasteiger partial charge is 0.490 e. The number of ether oxygens (including phenoxy) is 1. The normalized spacial score (nSPS) is 21.0. The number of carbonyl (C=O) groups excluding carboxylic acids is 1. The van der Waals surface area contributed by atoms with Gasteiger partial charge in [-0.3, -0.25) is 14.7 Å². The van der Waals surface area contributed by atoms with Gasteiger partial charge in [0, 0.05) is 50.5 Å². The lowest BCUT2D eigenvalue weighted by Gasteiger charge is -2.31. The fraction of sp³-hybridized carbons (Fsp3) is 0.455. The second kappa shape index (κ2) is 8.71. The van der Waals surface area contributed by atoms with Gasteiger partial charge in [0.2, 0.25) is 0 Å². The number of pyridine rings is 1. The average Bonchev–Trinajstić information content (AvgIpc) is 3.17. The van der Waals surface area contributed by atoms with E-state index in [-0.39, 0.29) is 18.1 Å². The topological polar surface area (TPSA) is 71.7 Å². The molecular formula is C22H28N4O2. The van der Waals surface area contributed by atoms with E-state index in [0.717, 1.165) is 56.9 Å². The quantitative estimate of drug-likeness (QED) is 0.862. The van der Waals surface area contributed by atoms with Crippen molar-refractivity contribution in [1.29, 1.82) is 0 Å². The molecule has 3 heterocycles. The predicted octanol–water partition coefficient (Wildman–Crippen LogP) is 2.30. The maximum atomic E-state index is 12.5. The molecule has 2 N–H and O–H groups in total. The smallest absolute Gasteiger partial charge is 0.253 e. The highest BCUT2D eigenvalue weighted by Gasteiger charge is 2.25. The third-order valence-electron chi connectivity index (χ3n) is 5.56. The first-order valence-electron chi connectivity index (χ1n) is 10.1.